The van der Waals surface area contributed by atoms with Gasteiger partial charge < -0.3 is 10.6 Å². The number of hydrogen-bond acceptors (Lipinski definition) is 2. The highest BCUT2D eigenvalue weighted by Crippen LogP contribution is 2.08. The normalized spacial score (nSPS) is 27.0. The van der Waals surface area contributed by atoms with Crippen LogP contribution < -0.4 is 10.6 Å². The van der Waals surface area contributed by atoms with Crippen molar-refractivity contribution in [3.8, 4) is 0 Å². The third-order valence-electron chi connectivity index (χ3n) is 2.81. The first-order valence-electron chi connectivity index (χ1n) is 5.08. The van der Waals surface area contributed by atoms with Crippen molar-refractivity contribution in [3.05, 3.63) is 0 Å². The standard InChI is InChI=1S/C10H22N2.2ClH/c1-7(2)9-5-12-10(6-11-9)8(3)4;;/h7-12H,5-6H2,1-4H3;2*1H/t9-,10-;;/m1../s1. The first-order valence-corrected chi connectivity index (χ1v) is 5.08. The second kappa shape index (κ2) is 7.75. The Kier molecular flexibility index (Phi) is 9.36. The van der Waals surface area contributed by atoms with Gasteiger partial charge in [0.15, 0.2) is 0 Å². The Hall–Kier alpha value is 0.500. The van der Waals surface area contributed by atoms with Crippen molar-refractivity contribution < 1.29 is 0 Å². The zero-order valence-corrected chi connectivity index (χ0v) is 11.2. The highest BCUT2D eigenvalue weighted by Gasteiger charge is 2.23. The van der Waals surface area contributed by atoms with Crippen molar-refractivity contribution in [1.82, 2.24) is 10.6 Å². The molecule has 0 amide bonds. The lowest BCUT2D eigenvalue weighted by Crippen LogP contribution is -2.57. The topological polar surface area (TPSA) is 24.1 Å². The van der Waals surface area contributed by atoms with E-state index >= 15 is 0 Å². The van der Waals surface area contributed by atoms with Crippen LogP contribution >= 0.6 is 24.8 Å². The Morgan fingerprint density at radius 2 is 1.07 bits per heavy atom. The fourth-order valence-corrected chi connectivity index (χ4v) is 1.64. The molecule has 0 aromatic carbocycles. The van der Waals surface area contributed by atoms with Gasteiger partial charge in [0.2, 0.25) is 0 Å². The van der Waals surface area contributed by atoms with E-state index in [9.17, 15) is 0 Å². The van der Waals surface area contributed by atoms with Gasteiger partial charge in [-0.05, 0) is 11.8 Å². The molecule has 14 heavy (non-hydrogen) atoms. The van der Waals surface area contributed by atoms with E-state index in [2.05, 4.69) is 38.3 Å². The molecule has 1 aliphatic heterocycles. The first-order chi connectivity index (χ1) is 5.61. The summed E-state index contributed by atoms with van der Waals surface area (Å²) >= 11 is 0. The number of hydrogen-bond donors (Lipinski definition) is 2. The molecule has 0 radical (unpaired) electrons. The first kappa shape index (κ1) is 16.9. The van der Waals surface area contributed by atoms with Crippen LogP contribution in [0.15, 0.2) is 0 Å². The minimum absolute atomic E-state index is 0. The highest BCUT2D eigenvalue weighted by atomic mass is 35.5. The molecule has 2 N–H and O–H groups in total. The summed E-state index contributed by atoms with van der Waals surface area (Å²) in [6.07, 6.45) is 0. The van der Waals surface area contributed by atoms with E-state index in [4.69, 9.17) is 0 Å². The lowest BCUT2D eigenvalue weighted by atomic mass is 9.97. The highest BCUT2D eigenvalue weighted by molar-refractivity contribution is 5.85. The van der Waals surface area contributed by atoms with Crippen LogP contribution in [0.25, 0.3) is 0 Å². The maximum absolute atomic E-state index is 3.59. The van der Waals surface area contributed by atoms with E-state index in [1.54, 1.807) is 0 Å². The molecule has 4 heteroatoms. The summed E-state index contributed by atoms with van der Waals surface area (Å²) in [5.41, 5.74) is 0. The van der Waals surface area contributed by atoms with Gasteiger partial charge in [-0.25, -0.2) is 0 Å². The molecule has 0 spiro atoms. The summed E-state index contributed by atoms with van der Waals surface area (Å²) in [7, 11) is 0. The average Bonchev–Trinajstić information content (AvgIpc) is 2.04. The summed E-state index contributed by atoms with van der Waals surface area (Å²) in [4.78, 5) is 0. The van der Waals surface area contributed by atoms with Gasteiger partial charge in [-0.1, -0.05) is 27.7 Å². The number of piperazine rings is 1. The quantitative estimate of drug-likeness (QED) is 0.775. The Bertz CT molecular complexity index is 116. The molecule has 2 atom stereocenters. The molecule has 0 bridgehead atoms. The predicted octanol–water partition coefficient (Wildman–Crippen LogP) is 2.07. The zero-order chi connectivity index (χ0) is 9.14. The molecule has 0 aromatic heterocycles. The molecule has 1 fully saturated rings. The fourth-order valence-electron chi connectivity index (χ4n) is 1.64. The van der Waals surface area contributed by atoms with Gasteiger partial charge >= 0.3 is 0 Å². The van der Waals surface area contributed by atoms with E-state index in [-0.39, 0.29) is 24.8 Å². The van der Waals surface area contributed by atoms with Crippen LogP contribution in [0.1, 0.15) is 27.7 Å². The van der Waals surface area contributed by atoms with Gasteiger partial charge in [-0.15, -0.1) is 24.8 Å². The number of halogens is 2. The van der Waals surface area contributed by atoms with Gasteiger partial charge in [0.25, 0.3) is 0 Å². The molecule has 0 saturated carbocycles. The maximum atomic E-state index is 3.59. The van der Waals surface area contributed by atoms with Crippen LogP contribution in [0.5, 0.6) is 0 Å². The average molecular weight is 243 g/mol. The van der Waals surface area contributed by atoms with Crippen molar-refractivity contribution in [1.29, 1.82) is 0 Å². The SMILES string of the molecule is CC(C)[C@H]1CN[C@@H](C(C)C)CN1.Cl.Cl. The molecular formula is C10H24Cl2N2. The second-order valence-corrected chi connectivity index (χ2v) is 4.52. The van der Waals surface area contributed by atoms with Crippen LogP contribution in [-0.4, -0.2) is 25.2 Å². The number of nitrogens with one attached hydrogen (secondary N) is 2. The maximum Gasteiger partial charge on any atom is 0.0216 e. The van der Waals surface area contributed by atoms with Crippen molar-refractivity contribution >= 4 is 24.8 Å². The van der Waals surface area contributed by atoms with Gasteiger partial charge in [0, 0.05) is 25.2 Å². The summed E-state index contributed by atoms with van der Waals surface area (Å²) in [6.45, 7) is 11.3. The van der Waals surface area contributed by atoms with E-state index < -0.39 is 0 Å². The monoisotopic (exact) mass is 242 g/mol. The van der Waals surface area contributed by atoms with E-state index in [0.29, 0.717) is 12.1 Å². The number of rotatable bonds is 2. The third kappa shape index (κ3) is 4.83. The zero-order valence-electron chi connectivity index (χ0n) is 9.54. The fraction of sp³-hybridized carbons (Fsp3) is 1.00. The largest absolute Gasteiger partial charge is 0.311 e. The summed E-state index contributed by atoms with van der Waals surface area (Å²) in [5, 5.41) is 7.17. The lowest BCUT2D eigenvalue weighted by molar-refractivity contribution is 0.259. The molecule has 2 nitrogen and oxygen atoms in total. The van der Waals surface area contributed by atoms with Crippen LogP contribution in [0, 0.1) is 11.8 Å². The molecule has 0 unspecified atom stereocenters. The minimum atomic E-state index is 0. The summed E-state index contributed by atoms with van der Waals surface area (Å²) in [6, 6.07) is 1.33. The van der Waals surface area contributed by atoms with Crippen LogP contribution in [0.4, 0.5) is 0 Å². The molecule has 88 valence electrons. The van der Waals surface area contributed by atoms with Gasteiger partial charge in [0.1, 0.15) is 0 Å². The Morgan fingerprint density at radius 3 is 1.21 bits per heavy atom. The molecule has 1 saturated heterocycles. The molecule has 1 heterocycles. The van der Waals surface area contributed by atoms with Crippen molar-refractivity contribution in [2.24, 2.45) is 11.8 Å². The lowest BCUT2D eigenvalue weighted by Gasteiger charge is -2.35. The van der Waals surface area contributed by atoms with Crippen molar-refractivity contribution in [3.63, 3.8) is 0 Å². The molecule has 1 aliphatic rings. The van der Waals surface area contributed by atoms with Crippen molar-refractivity contribution in [2.75, 3.05) is 13.1 Å². The predicted molar refractivity (Wildman–Crippen MR) is 67.8 cm³/mol. The van der Waals surface area contributed by atoms with Crippen LogP contribution in [-0.2, 0) is 0 Å². The van der Waals surface area contributed by atoms with E-state index in [1.165, 1.54) is 0 Å². The summed E-state index contributed by atoms with van der Waals surface area (Å²) < 4.78 is 0. The molecule has 0 aromatic rings. The van der Waals surface area contributed by atoms with Crippen LogP contribution in [0.2, 0.25) is 0 Å². The van der Waals surface area contributed by atoms with Gasteiger partial charge in [-0.2, -0.15) is 0 Å². The molecule has 0 aliphatic carbocycles. The second-order valence-electron chi connectivity index (χ2n) is 4.52. The molecular weight excluding hydrogens is 219 g/mol. The van der Waals surface area contributed by atoms with Crippen molar-refractivity contribution in [2.45, 2.75) is 39.8 Å². The third-order valence-corrected chi connectivity index (χ3v) is 2.81. The smallest absolute Gasteiger partial charge is 0.0216 e. The van der Waals surface area contributed by atoms with Gasteiger partial charge in [0.05, 0.1) is 0 Å². The Morgan fingerprint density at radius 1 is 0.786 bits per heavy atom. The Balaban J connectivity index is 0. The molecule has 1 rings (SSSR count). The van der Waals surface area contributed by atoms with Crippen LogP contribution in [0.3, 0.4) is 0 Å². The van der Waals surface area contributed by atoms with E-state index in [0.717, 1.165) is 24.9 Å². The summed E-state index contributed by atoms with van der Waals surface area (Å²) in [5.74, 6) is 1.48. The minimum Gasteiger partial charge on any atom is -0.311 e. The van der Waals surface area contributed by atoms with E-state index in [1.807, 2.05) is 0 Å². The van der Waals surface area contributed by atoms with Gasteiger partial charge in [-0.3, -0.25) is 0 Å². The Labute approximate surface area is 100 Å².